The largest absolute Gasteiger partial charge is 0.365 e. The van der Waals surface area contributed by atoms with E-state index in [9.17, 15) is 13.6 Å². The van der Waals surface area contributed by atoms with Gasteiger partial charge in [-0.1, -0.05) is 6.07 Å². The average Bonchev–Trinajstić information content (AvgIpc) is 2.64. The molecular formula is C17H13F2N5O. The van der Waals surface area contributed by atoms with Crippen molar-refractivity contribution in [3.05, 3.63) is 78.0 Å². The van der Waals surface area contributed by atoms with E-state index in [4.69, 9.17) is 0 Å². The Balaban J connectivity index is 1.61. The second-order valence-electron chi connectivity index (χ2n) is 5.08. The van der Waals surface area contributed by atoms with E-state index in [0.717, 1.165) is 17.7 Å². The number of carbonyl (C=O) groups is 1. The fourth-order valence-corrected chi connectivity index (χ4v) is 2.00. The molecule has 3 rings (SSSR count). The number of nitrogens with one attached hydrogen (secondary N) is 2. The third-order valence-electron chi connectivity index (χ3n) is 3.26. The Morgan fingerprint density at radius 1 is 1.04 bits per heavy atom. The van der Waals surface area contributed by atoms with Crippen LogP contribution >= 0.6 is 0 Å². The minimum Gasteiger partial charge on any atom is -0.365 e. The van der Waals surface area contributed by atoms with Crippen molar-refractivity contribution in [1.82, 2.24) is 15.0 Å². The van der Waals surface area contributed by atoms with Gasteiger partial charge in [0, 0.05) is 30.7 Å². The minimum absolute atomic E-state index is 0.0525. The summed E-state index contributed by atoms with van der Waals surface area (Å²) in [4.78, 5) is 24.2. The SMILES string of the molecule is O=C(Nc1ccc(F)c(F)c1)c1cnc(NCc2cccnc2)cn1. The molecule has 2 heterocycles. The summed E-state index contributed by atoms with van der Waals surface area (Å²) in [5.41, 5.74) is 1.16. The zero-order valence-electron chi connectivity index (χ0n) is 12.9. The fourth-order valence-electron chi connectivity index (χ4n) is 2.00. The highest BCUT2D eigenvalue weighted by Crippen LogP contribution is 2.14. The maximum atomic E-state index is 13.1. The number of hydrogen-bond acceptors (Lipinski definition) is 5. The van der Waals surface area contributed by atoms with E-state index in [0.29, 0.717) is 12.4 Å². The van der Waals surface area contributed by atoms with Gasteiger partial charge in [0.15, 0.2) is 11.6 Å². The summed E-state index contributed by atoms with van der Waals surface area (Å²) in [6, 6.07) is 6.83. The zero-order chi connectivity index (χ0) is 17.6. The maximum Gasteiger partial charge on any atom is 0.275 e. The summed E-state index contributed by atoms with van der Waals surface area (Å²) in [6.45, 7) is 0.517. The Labute approximate surface area is 142 Å². The van der Waals surface area contributed by atoms with Gasteiger partial charge in [0.1, 0.15) is 11.5 Å². The number of carbonyl (C=O) groups excluding carboxylic acids is 1. The first-order valence-electron chi connectivity index (χ1n) is 7.33. The van der Waals surface area contributed by atoms with Crippen molar-refractivity contribution in [2.75, 3.05) is 10.6 Å². The molecule has 2 N–H and O–H groups in total. The zero-order valence-corrected chi connectivity index (χ0v) is 12.9. The number of rotatable bonds is 5. The fraction of sp³-hybridized carbons (Fsp3) is 0.0588. The molecule has 0 bridgehead atoms. The first-order valence-corrected chi connectivity index (χ1v) is 7.33. The van der Waals surface area contributed by atoms with E-state index in [2.05, 4.69) is 25.6 Å². The number of anilines is 2. The third-order valence-corrected chi connectivity index (χ3v) is 3.26. The number of nitrogens with zero attached hydrogens (tertiary/aromatic N) is 3. The summed E-state index contributed by atoms with van der Waals surface area (Å²) in [6.07, 6.45) is 6.12. The molecule has 2 aromatic heterocycles. The molecule has 0 saturated carbocycles. The number of benzene rings is 1. The van der Waals surface area contributed by atoms with Crippen LogP contribution in [0.15, 0.2) is 55.1 Å². The Bertz CT molecular complexity index is 872. The summed E-state index contributed by atoms with van der Waals surface area (Å²) >= 11 is 0. The summed E-state index contributed by atoms with van der Waals surface area (Å²) < 4.78 is 26.0. The van der Waals surface area contributed by atoms with E-state index in [1.165, 1.54) is 18.5 Å². The molecule has 0 saturated heterocycles. The summed E-state index contributed by atoms with van der Waals surface area (Å²) in [7, 11) is 0. The Kier molecular flexibility index (Phi) is 4.89. The molecule has 8 heteroatoms. The lowest BCUT2D eigenvalue weighted by atomic mass is 10.3. The van der Waals surface area contributed by atoms with Crippen molar-refractivity contribution in [2.45, 2.75) is 6.54 Å². The molecule has 0 unspecified atom stereocenters. The van der Waals surface area contributed by atoms with Crippen molar-refractivity contribution < 1.29 is 13.6 Å². The molecule has 1 aromatic carbocycles. The van der Waals surface area contributed by atoms with Gasteiger partial charge in [-0.2, -0.15) is 0 Å². The van der Waals surface area contributed by atoms with Gasteiger partial charge in [-0.3, -0.25) is 9.78 Å². The van der Waals surface area contributed by atoms with Gasteiger partial charge in [0.2, 0.25) is 0 Å². The number of amides is 1. The molecule has 0 radical (unpaired) electrons. The monoisotopic (exact) mass is 341 g/mol. The Morgan fingerprint density at radius 3 is 2.60 bits per heavy atom. The predicted molar refractivity (Wildman–Crippen MR) is 87.9 cm³/mol. The molecule has 25 heavy (non-hydrogen) atoms. The molecule has 126 valence electrons. The highest BCUT2D eigenvalue weighted by molar-refractivity contribution is 6.02. The van der Waals surface area contributed by atoms with Gasteiger partial charge >= 0.3 is 0 Å². The molecular weight excluding hydrogens is 328 g/mol. The lowest BCUT2D eigenvalue weighted by Crippen LogP contribution is -2.14. The van der Waals surface area contributed by atoms with Crippen molar-refractivity contribution in [3.8, 4) is 0 Å². The van der Waals surface area contributed by atoms with Gasteiger partial charge in [-0.15, -0.1) is 0 Å². The second kappa shape index (κ2) is 7.43. The Hall–Kier alpha value is -3.42. The van der Waals surface area contributed by atoms with Crippen LogP contribution in [-0.2, 0) is 6.54 Å². The highest BCUT2D eigenvalue weighted by atomic mass is 19.2. The smallest absolute Gasteiger partial charge is 0.275 e. The minimum atomic E-state index is -1.04. The number of halogens is 2. The Morgan fingerprint density at radius 2 is 1.92 bits per heavy atom. The quantitative estimate of drug-likeness (QED) is 0.746. The normalized spacial score (nSPS) is 10.3. The van der Waals surface area contributed by atoms with E-state index >= 15 is 0 Å². The van der Waals surface area contributed by atoms with Crippen molar-refractivity contribution in [1.29, 1.82) is 0 Å². The van der Waals surface area contributed by atoms with Crippen LogP contribution in [0.5, 0.6) is 0 Å². The van der Waals surface area contributed by atoms with Crippen LogP contribution in [-0.4, -0.2) is 20.9 Å². The number of hydrogen-bond donors (Lipinski definition) is 2. The van der Waals surface area contributed by atoms with Crippen LogP contribution in [0.4, 0.5) is 20.3 Å². The van der Waals surface area contributed by atoms with Crippen LogP contribution < -0.4 is 10.6 Å². The number of pyridine rings is 1. The van der Waals surface area contributed by atoms with Gasteiger partial charge in [-0.25, -0.2) is 18.7 Å². The molecule has 0 spiro atoms. The van der Waals surface area contributed by atoms with Gasteiger partial charge < -0.3 is 10.6 Å². The topological polar surface area (TPSA) is 79.8 Å². The van der Waals surface area contributed by atoms with Crippen LogP contribution in [0.3, 0.4) is 0 Å². The second-order valence-corrected chi connectivity index (χ2v) is 5.08. The van der Waals surface area contributed by atoms with Gasteiger partial charge in [-0.05, 0) is 23.8 Å². The highest BCUT2D eigenvalue weighted by Gasteiger charge is 2.10. The average molecular weight is 341 g/mol. The first-order chi connectivity index (χ1) is 12.1. The molecule has 6 nitrogen and oxygen atoms in total. The lowest BCUT2D eigenvalue weighted by Gasteiger charge is -2.07. The first kappa shape index (κ1) is 16.4. The van der Waals surface area contributed by atoms with Gasteiger partial charge in [0.25, 0.3) is 5.91 Å². The van der Waals surface area contributed by atoms with Crippen molar-refractivity contribution in [3.63, 3.8) is 0 Å². The van der Waals surface area contributed by atoms with E-state index in [-0.39, 0.29) is 11.4 Å². The molecule has 0 aliphatic heterocycles. The van der Waals surface area contributed by atoms with E-state index in [1.807, 2.05) is 12.1 Å². The van der Waals surface area contributed by atoms with Gasteiger partial charge in [0.05, 0.1) is 12.4 Å². The van der Waals surface area contributed by atoms with Crippen LogP contribution in [0.2, 0.25) is 0 Å². The summed E-state index contributed by atoms with van der Waals surface area (Å²) in [5.74, 6) is -2.11. The lowest BCUT2D eigenvalue weighted by molar-refractivity contribution is 0.102. The molecule has 0 aliphatic rings. The van der Waals surface area contributed by atoms with E-state index < -0.39 is 17.5 Å². The van der Waals surface area contributed by atoms with E-state index in [1.54, 1.807) is 12.4 Å². The molecule has 3 aromatic rings. The van der Waals surface area contributed by atoms with Crippen LogP contribution in [0, 0.1) is 11.6 Å². The van der Waals surface area contributed by atoms with Crippen molar-refractivity contribution >= 4 is 17.4 Å². The van der Waals surface area contributed by atoms with Crippen molar-refractivity contribution in [2.24, 2.45) is 0 Å². The van der Waals surface area contributed by atoms with Crippen LogP contribution in [0.1, 0.15) is 16.1 Å². The standard InChI is InChI=1S/C17H13F2N5O/c18-13-4-3-12(6-14(13)19)24-17(25)15-9-23-16(10-21-15)22-8-11-2-1-5-20-7-11/h1-7,9-10H,8H2,(H,22,23)(H,24,25). The third kappa shape index (κ3) is 4.31. The van der Waals surface area contributed by atoms with Crippen LogP contribution in [0.25, 0.3) is 0 Å². The molecule has 0 fully saturated rings. The molecule has 1 amide bonds. The predicted octanol–water partition coefficient (Wildman–Crippen LogP) is 3.01. The molecule has 0 atom stereocenters. The maximum absolute atomic E-state index is 13.1. The number of aromatic nitrogens is 3. The molecule has 0 aliphatic carbocycles. The summed E-state index contributed by atoms with van der Waals surface area (Å²) in [5, 5.41) is 5.48.